The van der Waals surface area contributed by atoms with Crippen molar-refractivity contribution in [2.75, 3.05) is 23.0 Å². The third-order valence-electron chi connectivity index (χ3n) is 3.39. The zero-order chi connectivity index (χ0) is 23.9. The highest BCUT2D eigenvalue weighted by Gasteiger charge is 2.22. The molecule has 0 saturated carbocycles. The third kappa shape index (κ3) is 8.40. The van der Waals surface area contributed by atoms with Crippen LogP contribution in [0.15, 0.2) is 4.79 Å². The Hall–Kier alpha value is -2.89. The molecule has 2 heterocycles. The number of nitrogens with zero attached hydrogens (tertiary/aromatic N) is 6. The molecule has 0 saturated heterocycles. The summed E-state index contributed by atoms with van der Waals surface area (Å²) in [6.45, 7) is 15.9. The van der Waals surface area contributed by atoms with Gasteiger partial charge in [-0.2, -0.15) is 19.6 Å². The molecule has 0 fully saturated rings. The van der Waals surface area contributed by atoms with E-state index in [-0.39, 0.29) is 17.2 Å². The maximum atomic E-state index is 11.8. The van der Waals surface area contributed by atoms with Crippen molar-refractivity contribution >= 4 is 29.5 Å². The highest BCUT2D eigenvalue weighted by molar-refractivity contribution is 6.28. The Balaban J connectivity index is 0.000000316. The highest BCUT2D eigenvalue weighted by atomic mass is 35.5. The summed E-state index contributed by atoms with van der Waals surface area (Å²) in [5, 5.41) is 12.8. The molecule has 0 radical (unpaired) electrons. The van der Waals surface area contributed by atoms with Gasteiger partial charge in [0.1, 0.15) is 0 Å². The summed E-state index contributed by atoms with van der Waals surface area (Å²) >= 11 is 5.73. The van der Waals surface area contributed by atoms with E-state index in [2.05, 4.69) is 36.0 Å². The predicted molar refractivity (Wildman–Crippen MR) is 122 cm³/mol. The second-order valence-electron chi connectivity index (χ2n) is 8.34. The summed E-state index contributed by atoms with van der Waals surface area (Å²) in [7, 11) is 0. The highest BCUT2D eigenvalue weighted by Crippen LogP contribution is 2.10. The Bertz CT molecular complexity index is 930. The van der Waals surface area contributed by atoms with Crippen LogP contribution >= 0.6 is 11.6 Å². The van der Waals surface area contributed by atoms with Crippen LogP contribution in [-0.4, -0.2) is 53.6 Å². The number of nitrogens with one attached hydrogen (secondary N) is 3. The van der Waals surface area contributed by atoms with Gasteiger partial charge in [-0.15, -0.1) is 9.78 Å². The molecule has 12 nitrogen and oxygen atoms in total. The molecule has 0 unspecified atom stereocenters. The van der Waals surface area contributed by atoms with E-state index in [0.717, 1.165) is 15.9 Å². The van der Waals surface area contributed by atoms with Crippen molar-refractivity contribution in [1.82, 2.24) is 34.7 Å². The van der Waals surface area contributed by atoms with Crippen LogP contribution in [0.4, 0.5) is 16.7 Å². The lowest BCUT2D eigenvalue weighted by atomic mass is 10.1. The Morgan fingerprint density at radius 1 is 1.13 bits per heavy atom. The summed E-state index contributed by atoms with van der Waals surface area (Å²) in [5.41, 5.74) is -1.08. The number of nitrogens with two attached hydrogens (primary N) is 1. The van der Waals surface area contributed by atoms with Gasteiger partial charge in [0.05, 0.1) is 0 Å². The van der Waals surface area contributed by atoms with E-state index in [4.69, 9.17) is 17.4 Å². The molecule has 5 N–H and O–H groups in total. The van der Waals surface area contributed by atoms with Crippen molar-refractivity contribution < 1.29 is 4.79 Å². The molecular formula is C18H33ClN10O2. The number of halogens is 1. The Labute approximate surface area is 187 Å². The maximum Gasteiger partial charge on any atom is 0.373 e. The van der Waals surface area contributed by atoms with Crippen molar-refractivity contribution in [1.29, 1.82) is 0 Å². The lowest BCUT2D eigenvalue weighted by Gasteiger charge is -2.19. The van der Waals surface area contributed by atoms with Crippen molar-refractivity contribution in [3.63, 3.8) is 0 Å². The van der Waals surface area contributed by atoms with Crippen LogP contribution in [0.5, 0.6) is 0 Å². The van der Waals surface area contributed by atoms with Gasteiger partial charge in [0.15, 0.2) is 5.82 Å². The van der Waals surface area contributed by atoms with Gasteiger partial charge in [0, 0.05) is 24.0 Å². The molecule has 0 aliphatic rings. The summed E-state index contributed by atoms with van der Waals surface area (Å²) in [4.78, 5) is 35.5. The first-order valence-electron chi connectivity index (χ1n) is 9.96. The monoisotopic (exact) mass is 456 g/mol. The minimum absolute atomic E-state index is 0.0311. The maximum absolute atomic E-state index is 11.8. The zero-order valence-corrected chi connectivity index (χ0v) is 20.1. The lowest BCUT2D eigenvalue weighted by molar-refractivity contribution is 0.229. The third-order valence-corrected chi connectivity index (χ3v) is 3.56. The van der Waals surface area contributed by atoms with Gasteiger partial charge in [-0.1, -0.05) is 13.8 Å². The van der Waals surface area contributed by atoms with E-state index in [9.17, 15) is 9.59 Å². The van der Waals surface area contributed by atoms with Gasteiger partial charge in [-0.3, -0.25) is 0 Å². The molecule has 0 aliphatic heterocycles. The first-order chi connectivity index (χ1) is 14.2. The van der Waals surface area contributed by atoms with E-state index >= 15 is 0 Å². The quantitative estimate of drug-likeness (QED) is 0.493. The van der Waals surface area contributed by atoms with Crippen LogP contribution in [0.1, 0.15) is 67.1 Å². The Morgan fingerprint density at radius 3 is 2.16 bits per heavy atom. The Kier molecular flexibility index (Phi) is 9.22. The molecule has 2 aromatic heterocycles. The molecule has 1 amide bonds. The molecule has 0 bridgehead atoms. The summed E-state index contributed by atoms with van der Waals surface area (Å²) in [6.07, 6.45) is 0. The molecular weight excluding hydrogens is 424 g/mol. The molecule has 0 aliphatic carbocycles. The number of aromatic nitrogens is 6. The summed E-state index contributed by atoms with van der Waals surface area (Å²) < 4.78 is 1.65. The predicted octanol–water partition coefficient (Wildman–Crippen LogP) is 2.02. The fourth-order valence-corrected chi connectivity index (χ4v) is 2.36. The summed E-state index contributed by atoms with van der Waals surface area (Å²) in [5.74, 6) is 6.88. The number of hydrogen-bond donors (Lipinski definition) is 4. The molecule has 2 aromatic rings. The van der Waals surface area contributed by atoms with Crippen LogP contribution in [0, 0.1) is 0 Å². The number of carbonyl (C=O) groups is 1. The number of nitrogen functional groups attached to an aromatic ring is 1. The fraction of sp³-hybridized carbons (Fsp3) is 0.667. The molecule has 13 heteroatoms. The van der Waals surface area contributed by atoms with Crippen LogP contribution in [-0.2, 0) is 0 Å². The first kappa shape index (κ1) is 26.1. The number of hydrogen-bond acceptors (Lipinski definition) is 9. The average molecular weight is 457 g/mol. The van der Waals surface area contributed by atoms with Crippen LogP contribution < -0.4 is 27.5 Å². The van der Waals surface area contributed by atoms with Gasteiger partial charge < -0.3 is 21.8 Å². The van der Waals surface area contributed by atoms with E-state index < -0.39 is 17.3 Å². The standard InChI is InChI=1S/C10H19N5O2.C8H14ClN5/c1-6(2)7-13-15(9(17)14(7)11)8(16)12-10(3,4)5;1-4-10-7-12-6(9)13-8(14-7)11-5(2)3/h6H,11H2,1-5H3,(H,12,16);5H,4H2,1-3H3,(H2,10,11,12,13,14). The number of anilines is 2. The number of amides is 1. The lowest BCUT2D eigenvalue weighted by Crippen LogP contribution is -2.47. The van der Waals surface area contributed by atoms with Crippen molar-refractivity contribution in [2.24, 2.45) is 0 Å². The second-order valence-corrected chi connectivity index (χ2v) is 8.68. The minimum atomic E-state index is -0.643. The molecule has 0 aromatic carbocycles. The van der Waals surface area contributed by atoms with E-state index in [1.807, 2.05) is 55.4 Å². The normalized spacial score (nSPS) is 11.2. The molecule has 0 atom stereocenters. The van der Waals surface area contributed by atoms with Gasteiger partial charge in [-0.25, -0.2) is 9.59 Å². The SMILES string of the molecule is CC(C)c1nn(C(=O)NC(C)(C)C)c(=O)n1N.CCNc1nc(Cl)nc(NC(C)C)n1. The van der Waals surface area contributed by atoms with Gasteiger partial charge >= 0.3 is 11.7 Å². The van der Waals surface area contributed by atoms with E-state index in [0.29, 0.717) is 17.7 Å². The number of rotatable bonds is 5. The smallest absolute Gasteiger partial charge is 0.354 e. The van der Waals surface area contributed by atoms with E-state index in [1.54, 1.807) is 0 Å². The molecule has 0 spiro atoms. The van der Waals surface area contributed by atoms with Crippen LogP contribution in [0.3, 0.4) is 0 Å². The second kappa shape index (κ2) is 10.9. The minimum Gasteiger partial charge on any atom is -0.354 e. The van der Waals surface area contributed by atoms with Crippen molar-refractivity contribution in [3.8, 4) is 0 Å². The first-order valence-corrected chi connectivity index (χ1v) is 10.3. The van der Waals surface area contributed by atoms with Gasteiger partial charge in [0.25, 0.3) is 0 Å². The molecule has 174 valence electrons. The van der Waals surface area contributed by atoms with Gasteiger partial charge in [0.2, 0.25) is 17.2 Å². The van der Waals surface area contributed by atoms with Gasteiger partial charge in [-0.05, 0) is 53.1 Å². The number of carbonyl (C=O) groups excluding carboxylic acids is 1. The zero-order valence-electron chi connectivity index (χ0n) is 19.3. The largest absolute Gasteiger partial charge is 0.373 e. The fourth-order valence-electron chi connectivity index (χ4n) is 2.20. The van der Waals surface area contributed by atoms with Crippen molar-refractivity contribution in [2.45, 2.75) is 72.9 Å². The van der Waals surface area contributed by atoms with Crippen LogP contribution in [0.2, 0.25) is 5.28 Å². The Morgan fingerprint density at radius 2 is 1.71 bits per heavy atom. The molecule has 31 heavy (non-hydrogen) atoms. The average Bonchev–Trinajstić information content (AvgIpc) is 2.89. The summed E-state index contributed by atoms with van der Waals surface area (Å²) in [6, 6.07) is -0.309. The van der Waals surface area contributed by atoms with Crippen molar-refractivity contribution in [3.05, 3.63) is 21.6 Å². The van der Waals surface area contributed by atoms with E-state index in [1.165, 1.54) is 0 Å². The topological polar surface area (TPSA) is 158 Å². The molecule has 2 rings (SSSR count). The van der Waals surface area contributed by atoms with Crippen LogP contribution in [0.25, 0.3) is 0 Å².